The lowest BCUT2D eigenvalue weighted by molar-refractivity contribution is -0.139. The number of anilines is 1. The molecule has 1 aliphatic rings. The van der Waals surface area contributed by atoms with Gasteiger partial charge in [-0.2, -0.15) is 0 Å². The van der Waals surface area contributed by atoms with E-state index in [0.717, 1.165) is 41.1 Å². The maximum atomic E-state index is 14.0. The first-order valence-electron chi connectivity index (χ1n) is 13.2. The van der Waals surface area contributed by atoms with Crippen LogP contribution in [0.15, 0.2) is 77.7 Å². The summed E-state index contributed by atoms with van der Waals surface area (Å²) in [6.07, 6.45) is 3.93. The van der Waals surface area contributed by atoms with E-state index in [9.17, 15) is 18.0 Å². The Morgan fingerprint density at radius 2 is 1.60 bits per heavy atom. The van der Waals surface area contributed by atoms with Gasteiger partial charge >= 0.3 is 0 Å². The molecule has 1 saturated carbocycles. The third-order valence-electron chi connectivity index (χ3n) is 7.14. The molecule has 1 atom stereocenters. The SMILES string of the molecule is Cc1ccc(CN(C(=O)CN(c2ccc(Cl)c(Cl)c2)S(=O)(=O)c2ccccc2)C(C)C(=O)NC2CCCC2)cc1. The standard InChI is InChI=1S/C30H33Cl2N3O4S/c1-21-12-14-23(15-13-21)19-34(22(2)30(37)33-24-8-6-7-9-24)29(36)20-35(25-16-17-27(31)28(32)18-25)40(38,39)26-10-4-3-5-11-26/h3-5,10-18,22,24H,6-9,19-20H2,1-2H3,(H,33,37). The van der Waals surface area contributed by atoms with E-state index in [1.165, 1.54) is 35.2 Å². The second-order valence-electron chi connectivity index (χ2n) is 10.1. The number of hydrogen-bond donors (Lipinski definition) is 1. The van der Waals surface area contributed by atoms with Crippen molar-refractivity contribution in [3.8, 4) is 0 Å². The van der Waals surface area contributed by atoms with Crippen molar-refractivity contribution in [3.05, 3.63) is 94.0 Å². The van der Waals surface area contributed by atoms with Crippen LogP contribution in [-0.4, -0.2) is 43.8 Å². The molecule has 0 aliphatic heterocycles. The Morgan fingerprint density at radius 1 is 0.950 bits per heavy atom. The summed E-state index contributed by atoms with van der Waals surface area (Å²) in [5.74, 6) is -0.792. The Bertz CT molecular complexity index is 1440. The largest absolute Gasteiger partial charge is 0.352 e. The minimum Gasteiger partial charge on any atom is -0.352 e. The second-order valence-corrected chi connectivity index (χ2v) is 12.8. The van der Waals surface area contributed by atoms with Crippen LogP contribution in [0, 0.1) is 6.92 Å². The molecule has 0 spiro atoms. The normalized spacial score (nSPS) is 14.5. The van der Waals surface area contributed by atoms with Gasteiger partial charge in [0.2, 0.25) is 11.8 Å². The van der Waals surface area contributed by atoms with Crippen molar-refractivity contribution in [1.29, 1.82) is 0 Å². The quantitative estimate of drug-likeness (QED) is 0.310. The van der Waals surface area contributed by atoms with Crippen LogP contribution >= 0.6 is 23.2 Å². The molecule has 212 valence electrons. The molecule has 4 rings (SSSR count). The number of amides is 2. The summed E-state index contributed by atoms with van der Waals surface area (Å²) < 4.78 is 28.6. The van der Waals surface area contributed by atoms with Gasteiger partial charge in [0.15, 0.2) is 0 Å². The topological polar surface area (TPSA) is 86.8 Å². The number of rotatable bonds is 10. The molecule has 1 aliphatic carbocycles. The van der Waals surface area contributed by atoms with Crippen molar-refractivity contribution in [2.24, 2.45) is 0 Å². The monoisotopic (exact) mass is 601 g/mol. The number of carbonyl (C=O) groups is 2. The average Bonchev–Trinajstić information content (AvgIpc) is 3.46. The summed E-state index contributed by atoms with van der Waals surface area (Å²) in [6, 6.07) is 19.2. The Kier molecular flexibility index (Phi) is 9.77. The van der Waals surface area contributed by atoms with E-state index in [1.54, 1.807) is 25.1 Å². The van der Waals surface area contributed by atoms with Crippen molar-refractivity contribution in [1.82, 2.24) is 10.2 Å². The van der Waals surface area contributed by atoms with Crippen LogP contribution in [0.5, 0.6) is 0 Å². The van der Waals surface area contributed by atoms with Crippen LogP contribution in [0.3, 0.4) is 0 Å². The van der Waals surface area contributed by atoms with E-state index in [1.807, 2.05) is 31.2 Å². The number of carbonyl (C=O) groups excluding carboxylic acids is 2. The highest BCUT2D eigenvalue weighted by Gasteiger charge is 2.33. The third-order valence-corrected chi connectivity index (χ3v) is 9.67. The molecule has 3 aromatic rings. The summed E-state index contributed by atoms with van der Waals surface area (Å²) in [5.41, 5.74) is 2.07. The molecule has 3 aromatic carbocycles. The van der Waals surface area contributed by atoms with Crippen LogP contribution in [-0.2, 0) is 26.2 Å². The zero-order chi connectivity index (χ0) is 28.9. The molecular formula is C30H33Cl2N3O4S. The molecule has 1 fully saturated rings. The van der Waals surface area contributed by atoms with Gasteiger partial charge in [0.1, 0.15) is 12.6 Å². The Balaban J connectivity index is 1.69. The summed E-state index contributed by atoms with van der Waals surface area (Å²) in [7, 11) is -4.17. The minimum atomic E-state index is -4.17. The van der Waals surface area contributed by atoms with Gasteiger partial charge in [-0.25, -0.2) is 8.42 Å². The van der Waals surface area contributed by atoms with E-state index in [0.29, 0.717) is 0 Å². The van der Waals surface area contributed by atoms with Gasteiger partial charge in [0, 0.05) is 12.6 Å². The fourth-order valence-electron chi connectivity index (χ4n) is 4.75. The number of nitrogens with one attached hydrogen (secondary N) is 1. The Labute approximate surface area is 246 Å². The lowest BCUT2D eigenvalue weighted by Gasteiger charge is -2.32. The van der Waals surface area contributed by atoms with E-state index in [2.05, 4.69) is 5.32 Å². The Morgan fingerprint density at radius 3 is 2.23 bits per heavy atom. The van der Waals surface area contributed by atoms with Crippen LogP contribution in [0.2, 0.25) is 10.0 Å². The van der Waals surface area contributed by atoms with E-state index >= 15 is 0 Å². The van der Waals surface area contributed by atoms with Crippen LogP contribution in [0.1, 0.15) is 43.7 Å². The number of halogens is 2. The fourth-order valence-corrected chi connectivity index (χ4v) is 6.47. The van der Waals surface area contributed by atoms with Gasteiger partial charge in [0.05, 0.1) is 20.6 Å². The van der Waals surface area contributed by atoms with Crippen molar-refractivity contribution in [3.63, 3.8) is 0 Å². The summed E-state index contributed by atoms with van der Waals surface area (Å²) in [4.78, 5) is 28.7. The number of hydrogen-bond acceptors (Lipinski definition) is 4. The van der Waals surface area contributed by atoms with Crippen molar-refractivity contribution >= 4 is 50.7 Å². The van der Waals surface area contributed by atoms with Crippen molar-refractivity contribution in [2.45, 2.75) is 63.1 Å². The molecule has 0 aromatic heterocycles. The van der Waals surface area contributed by atoms with E-state index in [4.69, 9.17) is 23.2 Å². The minimum absolute atomic E-state index is 0.0194. The smallest absolute Gasteiger partial charge is 0.264 e. The number of benzene rings is 3. The molecule has 1 N–H and O–H groups in total. The molecule has 0 bridgehead atoms. The second kappa shape index (κ2) is 13.1. The molecule has 40 heavy (non-hydrogen) atoms. The maximum Gasteiger partial charge on any atom is 0.264 e. The van der Waals surface area contributed by atoms with Crippen molar-refractivity contribution in [2.75, 3.05) is 10.8 Å². The first-order chi connectivity index (χ1) is 19.1. The highest BCUT2D eigenvalue weighted by atomic mass is 35.5. The predicted molar refractivity (Wildman–Crippen MR) is 159 cm³/mol. The molecule has 10 heteroatoms. The van der Waals surface area contributed by atoms with E-state index in [-0.39, 0.29) is 39.1 Å². The van der Waals surface area contributed by atoms with Gasteiger partial charge in [0.25, 0.3) is 10.0 Å². The average molecular weight is 603 g/mol. The molecule has 7 nitrogen and oxygen atoms in total. The lowest BCUT2D eigenvalue weighted by Crippen LogP contribution is -2.52. The van der Waals surface area contributed by atoms with Crippen LogP contribution in [0.4, 0.5) is 5.69 Å². The summed E-state index contributed by atoms with van der Waals surface area (Å²) in [6.45, 7) is 3.24. The van der Waals surface area contributed by atoms with E-state index < -0.39 is 28.5 Å². The van der Waals surface area contributed by atoms with Crippen molar-refractivity contribution < 1.29 is 18.0 Å². The highest BCUT2D eigenvalue weighted by molar-refractivity contribution is 7.92. The Hall–Kier alpha value is -3.07. The molecule has 1 unspecified atom stereocenters. The molecule has 0 radical (unpaired) electrons. The molecular weight excluding hydrogens is 569 g/mol. The first-order valence-corrected chi connectivity index (χ1v) is 15.4. The highest BCUT2D eigenvalue weighted by Crippen LogP contribution is 2.31. The zero-order valence-corrected chi connectivity index (χ0v) is 24.8. The fraction of sp³-hybridized carbons (Fsp3) is 0.333. The number of sulfonamides is 1. The van der Waals surface area contributed by atoms with Gasteiger partial charge in [-0.15, -0.1) is 0 Å². The van der Waals surface area contributed by atoms with Gasteiger partial charge in [-0.05, 0) is 62.6 Å². The third kappa shape index (κ3) is 7.16. The van der Waals surface area contributed by atoms with Crippen LogP contribution < -0.4 is 9.62 Å². The number of nitrogens with zero attached hydrogens (tertiary/aromatic N) is 2. The predicted octanol–water partition coefficient (Wildman–Crippen LogP) is 5.97. The zero-order valence-electron chi connectivity index (χ0n) is 22.5. The summed E-state index contributed by atoms with van der Waals surface area (Å²) in [5, 5.41) is 3.48. The first kappa shape index (κ1) is 29.9. The molecule has 2 amide bonds. The number of aryl methyl sites for hydroxylation is 1. The lowest BCUT2D eigenvalue weighted by atomic mass is 10.1. The summed E-state index contributed by atoms with van der Waals surface area (Å²) >= 11 is 12.3. The van der Waals surface area contributed by atoms with Gasteiger partial charge in [-0.3, -0.25) is 13.9 Å². The van der Waals surface area contributed by atoms with Gasteiger partial charge in [-0.1, -0.05) is 84.1 Å². The van der Waals surface area contributed by atoms with Gasteiger partial charge < -0.3 is 10.2 Å². The molecule has 0 saturated heterocycles. The molecule has 0 heterocycles. The maximum absolute atomic E-state index is 14.0. The van der Waals surface area contributed by atoms with Crippen LogP contribution in [0.25, 0.3) is 0 Å².